The fourth-order valence-electron chi connectivity index (χ4n) is 5.50. The Morgan fingerprint density at radius 2 is 1.74 bits per heavy atom. The SMILES string of the molecule is CCC1CCN(Cc2ccc(COc3cccc4c3CN(C3CCC(O)NC3=O)C4=O)cc2)CC1. The molecule has 186 valence electrons. The number of rotatable bonds is 7. The number of aliphatic hydroxyl groups excluding tert-OH is 1. The fourth-order valence-corrected chi connectivity index (χ4v) is 5.50. The molecular formula is C28H35N3O4. The van der Waals surface area contributed by atoms with Crippen LogP contribution in [0.1, 0.15) is 66.1 Å². The Kier molecular flexibility index (Phi) is 7.07. The molecular weight excluding hydrogens is 442 g/mol. The van der Waals surface area contributed by atoms with Crippen molar-refractivity contribution in [2.45, 2.75) is 71.0 Å². The number of benzene rings is 2. The zero-order chi connectivity index (χ0) is 24.4. The number of nitrogens with zero attached hydrogens (tertiary/aromatic N) is 2. The van der Waals surface area contributed by atoms with Crippen molar-refractivity contribution in [3.63, 3.8) is 0 Å². The highest BCUT2D eigenvalue weighted by atomic mass is 16.5. The van der Waals surface area contributed by atoms with Crippen molar-refractivity contribution in [2.24, 2.45) is 5.92 Å². The van der Waals surface area contributed by atoms with Gasteiger partial charge in [-0.05, 0) is 68.0 Å². The standard InChI is InChI=1S/C28H35N3O4/c1-2-19-12-14-30(15-13-19)16-20-6-8-21(9-7-20)18-35-25-5-3-4-22-23(25)17-31(28(22)34)24-10-11-26(32)29-27(24)33/h3-9,19,24,26,32H,2,10-18H2,1H3,(H,29,33). The zero-order valence-electron chi connectivity index (χ0n) is 20.4. The smallest absolute Gasteiger partial charge is 0.255 e. The summed E-state index contributed by atoms with van der Waals surface area (Å²) in [6.45, 7) is 6.41. The summed E-state index contributed by atoms with van der Waals surface area (Å²) < 4.78 is 6.15. The number of hydrogen-bond acceptors (Lipinski definition) is 5. The number of aliphatic hydroxyl groups is 1. The minimum Gasteiger partial charge on any atom is -0.489 e. The molecule has 3 aliphatic heterocycles. The maximum absolute atomic E-state index is 13.0. The highest BCUT2D eigenvalue weighted by Crippen LogP contribution is 2.34. The van der Waals surface area contributed by atoms with Gasteiger partial charge in [-0.25, -0.2) is 0 Å². The zero-order valence-corrected chi connectivity index (χ0v) is 20.4. The van der Waals surface area contributed by atoms with Crippen molar-refractivity contribution in [2.75, 3.05) is 13.1 Å². The molecule has 0 aliphatic carbocycles. The van der Waals surface area contributed by atoms with Crippen molar-refractivity contribution < 1.29 is 19.4 Å². The van der Waals surface area contributed by atoms with Crippen molar-refractivity contribution in [3.05, 3.63) is 64.7 Å². The van der Waals surface area contributed by atoms with Gasteiger partial charge in [0.15, 0.2) is 0 Å². The van der Waals surface area contributed by atoms with Gasteiger partial charge in [-0.3, -0.25) is 14.5 Å². The van der Waals surface area contributed by atoms with E-state index in [-0.39, 0.29) is 11.8 Å². The van der Waals surface area contributed by atoms with Crippen molar-refractivity contribution in [1.82, 2.24) is 15.1 Å². The van der Waals surface area contributed by atoms with Gasteiger partial charge >= 0.3 is 0 Å². The highest BCUT2D eigenvalue weighted by Gasteiger charge is 2.40. The summed E-state index contributed by atoms with van der Waals surface area (Å²) in [6, 6.07) is 13.5. The van der Waals surface area contributed by atoms with Crippen molar-refractivity contribution in [1.29, 1.82) is 0 Å². The van der Waals surface area contributed by atoms with Gasteiger partial charge in [0, 0.05) is 17.7 Å². The summed E-state index contributed by atoms with van der Waals surface area (Å²) in [7, 11) is 0. The molecule has 3 aliphatic rings. The van der Waals surface area contributed by atoms with Gasteiger partial charge < -0.3 is 20.1 Å². The van der Waals surface area contributed by atoms with Gasteiger partial charge in [-0.2, -0.15) is 0 Å². The maximum atomic E-state index is 13.0. The van der Waals surface area contributed by atoms with Gasteiger partial charge in [0.1, 0.15) is 24.6 Å². The van der Waals surface area contributed by atoms with Crippen LogP contribution in [0, 0.1) is 5.92 Å². The molecule has 0 aromatic heterocycles. The van der Waals surface area contributed by atoms with E-state index in [1.54, 1.807) is 11.0 Å². The molecule has 2 N–H and O–H groups in total. The second kappa shape index (κ2) is 10.4. The van der Waals surface area contributed by atoms with E-state index in [9.17, 15) is 14.7 Å². The van der Waals surface area contributed by atoms with E-state index in [2.05, 4.69) is 41.4 Å². The first-order chi connectivity index (χ1) is 17.0. The summed E-state index contributed by atoms with van der Waals surface area (Å²) in [5.74, 6) is 1.11. The molecule has 3 heterocycles. The van der Waals surface area contributed by atoms with Crippen LogP contribution in [0.4, 0.5) is 0 Å². The van der Waals surface area contributed by atoms with Gasteiger partial charge in [-0.15, -0.1) is 0 Å². The molecule has 7 nitrogen and oxygen atoms in total. The van der Waals surface area contributed by atoms with Crippen LogP contribution >= 0.6 is 0 Å². The second-order valence-electron chi connectivity index (χ2n) is 10.1. The minimum atomic E-state index is -0.836. The van der Waals surface area contributed by atoms with E-state index in [0.29, 0.717) is 37.3 Å². The number of amides is 2. The van der Waals surface area contributed by atoms with Crippen molar-refractivity contribution in [3.8, 4) is 5.75 Å². The van der Waals surface area contributed by atoms with Crippen LogP contribution in [0.5, 0.6) is 5.75 Å². The normalized spacial score (nSPS) is 23.3. The Balaban J connectivity index is 1.19. The van der Waals surface area contributed by atoms with Crippen LogP contribution in [0.3, 0.4) is 0 Å². The highest BCUT2D eigenvalue weighted by molar-refractivity contribution is 6.01. The van der Waals surface area contributed by atoms with Crippen LogP contribution in [-0.2, 0) is 24.5 Å². The molecule has 2 unspecified atom stereocenters. The Bertz CT molecular complexity index is 1060. The van der Waals surface area contributed by atoms with Crippen LogP contribution < -0.4 is 10.1 Å². The van der Waals surface area contributed by atoms with Crippen molar-refractivity contribution >= 4 is 11.8 Å². The first-order valence-corrected chi connectivity index (χ1v) is 12.9. The molecule has 5 rings (SSSR count). The Morgan fingerprint density at radius 3 is 2.46 bits per heavy atom. The van der Waals surface area contributed by atoms with Gasteiger partial charge in [0.05, 0.1) is 6.54 Å². The molecule has 2 aromatic rings. The van der Waals surface area contributed by atoms with Crippen LogP contribution in [0.25, 0.3) is 0 Å². The molecule has 2 aromatic carbocycles. The number of likely N-dealkylation sites (tertiary alicyclic amines) is 1. The molecule has 2 saturated heterocycles. The number of ether oxygens (including phenoxy) is 1. The second-order valence-corrected chi connectivity index (χ2v) is 10.1. The number of nitrogens with one attached hydrogen (secondary N) is 1. The fraction of sp³-hybridized carbons (Fsp3) is 0.500. The Morgan fingerprint density at radius 1 is 1.00 bits per heavy atom. The molecule has 0 saturated carbocycles. The topological polar surface area (TPSA) is 82.1 Å². The molecule has 2 atom stereocenters. The van der Waals surface area contributed by atoms with E-state index in [1.807, 2.05) is 12.1 Å². The number of hydrogen-bond donors (Lipinski definition) is 2. The lowest BCUT2D eigenvalue weighted by molar-refractivity contribution is -0.132. The predicted octanol–water partition coefficient (Wildman–Crippen LogP) is 3.44. The Labute approximate surface area is 207 Å². The summed E-state index contributed by atoms with van der Waals surface area (Å²) in [6.07, 6.45) is 3.95. The Hall–Kier alpha value is -2.90. The quantitative estimate of drug-likeness (QED) is 0.639. The first kappa shape index (κ1) is 23.8. The molecule has 7 heteroatoms. The monoisotopic (exact) mass is 477 g/mol. The molecule has 35 heavy (non-hydrogen) atoms. The van der Waals surface area contributed by atoms with E-state index in [1.165, 1.54) is 37.9 Å². The number of fused-ring (bicyclic) bond motifs is 1. The molecule has 2 amide bonds. The summed E-state index contributed by atoms with van der Waals surface area (Å²) in [4.78, 5) is 29.5. The minimum absolute atomic E-state index is 0.158. The lowest BCUT2D eigenvalue weighted by Crippen LogP contribution is -2.54. The number of carbonyl (C=O) groups is 2. The van der Waals surface area contributed by atoms with E-state index < -0.39 is 12.3 Å². The van der Waals surface area contributed by atoms with E-state index in [4.69, 9.17) is 4.74 Å². The van der Waals surface area contributed by atoms with Gasteiger partial charge in [0.25, 0.3) is 5.91 Å². The molecule has 0 bridgehead atoms. The number of carbonyl (C=O) groups excluding carboxylic acids is 2. The average molecular weight is 478 g/mol. The largest absolute Gasteiger partial charge is 0.489 e. The molecule has 0 spiro atoms. The predicted molar refractivity (Wildman–Crippen MR) is 133 cm³/mol. The molecule has 2 fully saturated rings. The number of piperidine rings is 2. The summed E-state index contributed by atoms with van der Waals surface area (Å²) in [5.41, 5.74) is 3.81. The average Bonchev–Trinajstić information content (AvgIpc) is 3.21. The maximum Gasteiger partial charge on any atom is 0.255 e. The lowest BCUT2D eigenvalue weighted by atomic mass is 9.94. The molecule has 0 radical (unpaired) electrons. The van der Waals surface area contributed by atoms with E-state index >= 15 is 0 Å². The summed E-state index contributed by atoms with van der Waals surface area (Å²) in [5, 5.41) is 12.2. The van der Waals surface area contributed by atoms with Crippen LogP contribution in [-0.4, -0.2) is 52.1 Å². The van der Waals surface area contributed by atoms with Gasteiger partial charge in [0.2, 0.25) is 5.91 Å². The van der Waals surface area contributed by atoms with Gasteiger partial charge in [-0.1, -0.05) is 43.7 Å². The summed E-state index contributed by atoms with van der Waals surface area (Å²) >= 11 is 0. The third-order valence-corrected chi connectivity index (χ3v) is 7.76. The van der Waals surface area contributed by atoms with E-state index in [0.717, 1.165) is 23.6 Å². The first-order valence-electron chi connectivity index (χ1n) is 12.9. The van der Waals surface area contributed by atoms with Crippen LogP contribution in [0.2, 0.25) is 0 Å². The van der Waals surface area contributed by atoms with Crippen LogP contribution in [0.15, 0.2) is 42.5 Å². The lowest BCUT2D eigenvalue weighted by Gasteiger charge is -2.32. The third kappa shape index (κ3) is 5.21. The third-order valence-electron chi connectivity index (χ3n) is 7.76.